The summed E-state index contributed by atoms with van der Waals surface area (Å²) in [6.45, 7) is 8.96. The summed E-state index contributed by atoms with van der Waals surface area (Å²) in [5, 5.41) is 4.98. The van der Waals surface area contributed by atoms with E-state index in [-0.39, 0.29) is 0 Å². The molecule has 7 aromatic rings. The van der Waals surface area contributed by atoms with Crippen LogP contribution in [0.25, 0.3) is 71.7 Å². The van der Waals surface area contributed by atoms with Gasteiger partial charge in [-0.2, -0.15) is 0 Å². The molecule has 0 fully saturated rings. The van der Waals surface area contributed by atoms with E-state index < -0.39 is 0 Å². The first-order valence-corrected chi connectivity index (χ1v) is 18.9. The maximum absolute atomic E-state index is 4.67. The van der Waals surface area contributed by atoms with Gasteiger partial charge in [0.2, 0.25) is 0 Å². The van der Waals surface area contributed by atoms with Crippen LogP contribution in [0.15, 0.2) is 168 Å². The van der Waals surface area contributed by atoms with E-state index in [2.05, 4.69) is 186 Å². The molecule has 0 radical (unpaired) electrons. The molecule has 3 aliphatic rings. The van der Waals surface area contributed by atoms with Crippen molar-refractivity contribution in [3.63, 3.8) is 0 Å². The zero-order valence-electron chi connectivity index (χ0n) is 29.3. The van der Waals surface area contributed by atoms with Crippen LogP contribution in [0.1, 0.15) is 32.3 Å². The van der Waals surface area contributed by atoms with Crippen LogP contribution in [0, 0.1) is 0 Å². The van der Waals surface area contributed by atoms with Gasteiger partial charge in [0.15, 0.2) is 0 Å². The smallest absolute Gasteiger partial charge is 0.0688 e. The number of hydrogen-bond acceptors (Lipinski definition) is 2. The Morgan fingerprint density at radius 2 is 1.48 bits per heavy atom. The highest BCUT2D eigenvalue weighted by Gasteiger charge is 2.30. The van der Waals surface area contributed by atoms with Crippen molar-refractivity contribution in [2.75, 3.05) is 4.90 Å². The van der Waals surface area contributed by atoms with Crippen LogP contribution in [-0.2, 0) is 0 Å². The number of hydrogen-bond donors (Lipinski definition) is 0. The van der Waals surface area contributed by atoms with Crippen LogP contribution >= 0.6 is 11.8 Å². The second kappa shape index (κ2) is 12.1. The van der Waals surface area contributed by atoms with Crippen LogP contribution in [-0.4, -0.2) is 9.13 Å². The molecule has 0 spiro atoms. The molecule has 0 saturated heterocycles. The Kier molecular flexibility index (Phi) is 7.16. The lowest BCUT2D eigenvalue weighted by Crippen LogP contribution is -2.13. The quantitative estimate of drug-likeness (QED) is 0.183. The predicted molar refractivity (Wildman–Crippen MR) is 226 cm³/mol. The van der Waals surface area contributed by atoms with Gasteiger partial charge in [-0.25, -0.2) is 0 Å². The van der Waals surface area contributed by atoms with E-state index in [0.29, 0.717) is 0 Å². The molecule has 0 saturated carbocycles. The average molecular weight is 688 g/mol. The second-order valence-electron chi connectivity index (χ2n) is 13.6. The maximum Gasteiger partial charge on any atom is 0.0688 e. The lowest BCUT2D eigenvalue weighted by molar-refractivity contribution is 1.02. The summed E-state index contributed by atoms with van der Waals surface area (Å²) in [5.41, 5.74) is 14.2. The first kappa shape index (κ1) is 30.8. The average Bonchev–Trinajstić information content (AvgIpc) is 3.71. The summed E-state index contributed by atoms with van der Waals surface area (Å²) in [4.78, 5) is 4.88. The molecule has 0 amide bonds. The Hall–Kier alpha value is -5.97. The molecular weight excluding hydrogens is 651 g/mol. The van der Waals surface area contributed by atoms with Crippen LogP contribution in [0.3, 0.4) is 0 Å². The number of benzene rings is 5. The van der Waals surface area contributed by atoms with Crippen LogP contribution in [0.4, 0.5) is 11.4 Å². The van der Waals surface area contributed by atoms with Gasteiger partial charge in [-0.05, 0) is 98.0 Å². The van der Waals surface area contributed by atoms with Crippen molar-refractivity contribution in [3.8, 4) is 11.1 Å². The monoisotopic (exact) mass is 687 g/mol. The normalized spacial score (nSPS) is 18.4. The van der Waals surface area contributed by atoms with Gasteiger partial charge in [0.1, 0.15) is 0 Å². The zero-order valence-corrected chi connectivity index (χ0v) is 30.1. The molecule has 3 nitrogen and oxygen atoms in total. The minimum atomic E-state index is 1.00. The highest BCUT2D eigenvalue weighted by Crippen LogP contribution is 2.53. The summed E-state index contributed by atoms with van der Waals surface area (Å²) >= 11 is 1.86. The Bertz CT molecular complexity index is 2850. The number of thioether (sulfide) groups is 1. The lowest BCUT2D eigenvalue weighted by Gasteiger charge is -2.29. The number of allylic oxidation sites excluding steroid dienone is 11. The molecule has 2 aromatic heterocycles. The van der Waals surface area contributed by atoms with E-state index in [0.717, 1.165) is 29.8 Å². The minimum absolute atomic E-state index is 1.00. The first-order chi connectivity index (χ1) is 25.6. The maximum atomic E-state index is 4.67. The Morgan fingerprint density at radius 3 is 2.29 bits per heavy atom. The molecule has 250 valence electrons. The van der Waals surface area contributed by atoms with E-state index in [9.17, 15) is 0 Å². The van der Waals surface area contributed by atoms with Gasteiger partial charge in [-0.1, -0.05) is 109 Å². The third-order valence-corrected chi connectivity index (χ3v) is 11.9. The van der Waals surface area contributed by atoms with Crippen LogP contribution in [0.5, 0.6) is 0 Å². The van der Waals surface area contributed by atoms with Gasteiger partial charge in [0.25, 0.3) is 0 Å². The van der Waals surface area contributed by atoms with Crippen molar-refractivity contribution < 1.29 is 0 Å². The molecule has 1 aliphatic carbocycles. The molecule has 0 atom stereocenters. The van der Waals surface area contributed by atoms with Gasteiger partial charge in [-0.3, -0.25) is 0 Å². The summed E-state index contributed by atoms with van der Waals surface area (Å²) in [7, 11) is 0. The SMILES string of the molecule is C=C1/C=C\C=C/N(c2ccc3c(c2)c2cc(-c4ccccc4)ccc2n3C2=CCCC=C2)c2cc3c4c(c21)c1ccccc1n4C(=C/C)/C(=C\C)S3. The fourth-order valence-electron chi connectivity index (χ4n) is 8.43. The third kappa shape index (κ3) is 4.54. The standard InChI is InChI=1S/C48H37N3S/c1-4-39-44(5-2)52-45-30-43-46(47-36-21-12-13-22-40(36)51(39)48(45)47)31(3)16-14-15-27-49(43)35-24-26-42-38(29-35)37-28-33(32-17-8-6-9-18-32)23-25-41(37)50(42)34-19-10-7-11-20-34/h4-6,8-10,12-30H,3,7,11H2,1-2H3/b16-14-,27-15-,39-4+,44-5+. The molecule has 0 bridgehead atoms. The molecule has 0 unspecified atom stereocenters. The highest BCUT2D eigenvalue weighted by atomic mass is 32.2. The minimum Gasteiger partial charge on any atom is -0.316 e. The lowest BCUT2D eigenvalue weighted by atomic mass is 9.96. The van der Waals surface area contributed by atoms with Gasteiger partial charge in [0.05, 0.1) is 33.5 Å². The van der Waals surface area contributed by atoms with Crippen molar-refractivity contribution in [2.24, 2.45) is 0 Å². The van der Waals surface area contributed by atoms with E-state index in [1.807, 2.05) is 11.8 Å². The van der Waals surface area contributed by atoms with Crippen LogP contribution in [0.2, 0.25) is 0 Å². The largest absolute Gasteiger partial charge is 0.316 e. The third-order valence-electron chi connectivity index (χ3n) is 10.7. The predicted octanol–water partition coefficient (Wildman–Crippen LogP) is 13.9. The van der Waals surface area contributed by atoms with Crippen molar-refractivity contribution in [3.05, 3.63) is 169 Å². The number of anilines is 2. The van der Waals surface area contributed by atoms with Gasteiger partial charge >= 0.3 is 0 Å². The topological polar surface area (TPSA) is 13.1 Å². The molecular formula is C48H37N3S. The second-order valence-corrected chi connectivity index (χ2v) is 14.7. The van der Waals surface area contributed by atoms with E-state index in [4.69, 9.17) is 0 Å². The fraction of sp³-hybridized carbons (Fsp3) is 0.0833. The summed E-state index contributed by atoms with van der Waals surface area (Å²) in [5.74, 6) is 0. The fourth-order valence-corrected chi connectivity index (χ4v) is 9.56. The Balaban J connectivity index is 1.26. The molecule has 4 heterocycles. The van der Waals surface area contributed by atoms with Crippen LogP contribution < -0.4 is 4.90 Å². The Morgan fingerprint density at radius 1 is 0.692 bits per heavy atom. The highest BCUT2D eigenvalue weighted by molar-refractivity contribution is 8.04. The van der Waals surface area contributed by atoms with E-state index in [1.54, 1.807) is 0 Å². The number of para-hydroxylation sites is 1. The molecule has 10 rings (SSSR count). The number of nitrogens with zero attached hydrogens (tertiary/aromatic N) is 3. The number of rotatable bonds is 3. The molecule has 0 N–H and O–H groups in total. The van der Waals surface area contributed by atoms with Gasteiger partial charge in [0, 0.05) is 54.5 Å². The van der Waals surface area contributed by atoms with Crippen molar-refractivity contribution >= 4 is 83.7 Å². The number of aromatic nitrogens is 2. The van der Waals surface area contributed by atoms with Crippen molar-refractivity contribution in [1.29, 1.82) is 0 Å². The van der Waals surface area contributed by atoms with Crippen molar-refractivity contribution in [1.82, 2.24) is 9.13 Å². The Labute approximate surface area is 308 Å². The molecule has 52 heavy (non-hydrogen) atoms. The van der Waals surface area contributed by atoms with E-state index >= 15 is 0 Å². The summed E-state index contributed by atoms with van der Waals surface area (Å²) < 4.78 is 4.90. The van der Waals surface area contributed by atoms with Gasteiger partial charge in [-0.15, -0.1) is 0 Å². The molecule has 2 aliphatic heterocycles. The van der Waals surface area contributed by atoms with Gasteiger partial charge < -0.3 is 14.0 Å². The van der Waals surface area contributed by atoms with E-state index in [1.165, 1.54) is 81.5 Å². The first-order valence-electron chi connectivity index (χ1n) is 18.1. The zero-order chi connectivity index (χ0) is 34.9. The summed E-state index contributed by atoms with van der Waals surface area (Å²) in [6.07, 6.45) is 22.2. The molecule has 5 aromatic carbocycles. The molecule has 4 heteroatoms. The summed E-state index contributed by atoms with van der Waals surface area (Å²) in [6, 6.07) is 35.8. The number of fused-ring (bicyclic) bond motifs is 8. The van der Waals surface area contributed by atoms with Crippen molar-refractivity contribution in [2.45, 2.75) is 31.6 Å².